The van der Waals surface area contributed by atoms with Crippen LogP contribution < -0.4 is 5.32 Å². The first kappa shape index (κ1) is 20.8. The number of halogens is 6. The fraction of sp³-hybridized carbons (Fsp3) is 0.250. The maximum absolute atomic E-state index is 13.0. The molecule has 3 rings (SSSR count). The molecule has 0 spiro atoms. The van der Waals surface area contributed by atoms with E-state index in [-0.39, 0.29) is 6.07 Å². The fourth-order valence-corrected chi connectivity index (χ4v) is 3.16. The van der Waals surface area contributed by atoms with Crippen molar-refractivity contribution in [2.75, 3.05) is 5.32 Å². The van der Waals surface area contributed by atoms with Crippen molar-refractivity contribution in [2.45, 2.75) is 32.2 Å². The molecule has 29 heavy (non-hydrogen) atoms. The highest BCUT2D eigenvalue weighted by atomic mass is 19.4. The van der Waals surface area contributed by atoms with Gasteiger partial charge in [-0.2, -0.15) is 26.3 Å². The number of hydrogen-bond donors (Lipinski definition) is 2. The van der Waals surface area contributed by atoms with E-state index in [1.165, 1.54) is 6.92 Å². The molecule has 0 aliphatic heterocycles. The van der Waals surface area contributed by atoms with Gasteiger partial charge in [0.1, 0.15) is 0 Å². The van der Waals surface area contributed by atoms with E-state index in [9.17, 15) is 31.1 Å². The summed E-state index contributed by atoms with van der Waals surface area (Å²) >= 11 is 0. The molecule has 154 valence electrons. The van der Waals surface area contributed by atoms with Crippen molar-refractivity contribution in [1.29, 1.82) is 0 Å². The smallest absolute Gasteiger partial charge is 0.375 e. The summed E-state index contributed by atoms with van der Waals surface area (Å²) in [7, 11) is 0. The summed E-state index contributed by atoms with van der Waals surface area (Å²) in [6.45, 7) is 3.06. The van der Waals surface area contributed by atoms with E-state index in [1.807, 2.05) is 0 Å². The van der Waals surface area contributed by atoms with Gasteiger partial charge in [0.25, 0.3) is 0 Å². The number of carbonyl (C=O) groups is 1. The van der Waals surface area contributed by atoms with Crippen molar-refractivity contribution >= 4 is 22.4 Å². The van der Waals surface area contributed by atoms with E-state index in [0.717, 1.165) is 0 Å². The average molecular weight is 414 g/mol. The Balaban J connectivity index is 1.96. The molecule has 0 saturated carbocycles. The Morgan fingerprint density at radius 3 is 2.07 bits per heavy atom. The highest BCUT2D eigenvalue weighted by Crippen LogP contribution is 2.37. The molecule has 0 bridgehead atoms. The van der Waals surface area contributed by atoms with Gasteiger partial charge >= 0.3 is 12.4 Å². The molecule has 1 atom stereocenters. The third kappa shape index (κ3) is 4.23. The normalized spacial score (nSPS) is 13.5. The van der Waals surface area contributed by atoms with Crippen LogP contribution in [0.4, 0.5) is 32.0 Å². The first-order valence-corrected chi connectivity index (χ1v) is 8.55. The number of anilines is 1. The van der Waals surface area contributed by atoms with E-state index in [2.05, 4.69) is 10.3 Å². The topological polar surface area (TPSA) is 44.9 Å². The summed E-state index contributed by atoms with van der Waals surface area (Å²) in [6.07, 6.45) is -9.92. The third-order valence-corrected chi connectivity index (χ3v) is 4.50. The summed E-state index contributed by atoms with van der Waals surface area (Å²) in [5.41, 5.74) is -1.73. The SMILES string of the molecule is Cc1[nH]c2ccccc2c1C(=O)[C@H](C)Nc1cc(C(F)(F)F)cc(C(F)(F)F)c1. The first-order valence-electron chi connectivity index (χ1n) is 8.55. The molecule has 2 aromatic carbocycles. The molecule has 0 amide bonds. The summed E-state index contributed by atoms with van der Waals surface area (Å²) in [5, 5.41) is 3.11. The molecule has 3 aromatic rings. The van der Waals surface area contributed by atoms with Crippen LogP contribution in [-0.2, 0) is 12.4 Å². The number of aromatic nitrogens is 1. The Kier molecular flexibility index (Phi) is 5.10. The van der Waals surface area contributed by atoms with Crippen LogP contribution >= 0.6 is 0 Å². The van der Waals surface area contributed by atoms with Crippen LogP contribution in [0.1, 0.15) is 34.1 Å². The zero-order valence-electron chi connectivity index (χ0n) is 15.3. The van der Waals surface area contributed by atoms with Crippen LogP contribution in [0, 0.1) is 6.92 Å². The lowest BCUT2D eigenvalue weighted by Crippen LogP contribution is -2.27. The molecule has 1 heterocycles. The molecule has 0 aliphatic rings. The van der Waals surface area contributed by atoms with Gasteiger partial charge in [-0.1, -0.05) is 18.2 Å². The molecular formula is C20H16F6N2O. The lowest BCUT2D eigenvalue weighted by Gasteiger charge is -2.18. The summed E-state index contributed by atoms with van der Waals surface area (Å²) in [5.74, 6) is -0.453. The monoisotopic (exact) mass is 414 g/mol. The minimum Gasteiger partial charge on any atom is -0.375 e. The minimum absolute atomic E-state index is 0.0431. The number of aromatic amines is 1. The van der Waals surface area contributed by atoms with E-state index < -0.39 is 41.0 Å². The summed E-state index contributed by atoms with van der Waals surface area (Å²) in [6, 6.07) is 7.08. The quantitative estimate of drug-likeness (QED) is 0.395. The molecular weight excluding hydrogens is 398 g/mol. The summed E-state index contributed by atoms with van der Waals surface area (Å²) in [4.78, 5) is 15.9. The van der Waals surface area contributed by atoms with Crippen molar-refractivity contribution in [1.82, 2.24) is 4.98 Å². The highest BCUT2D eigenvalue weighted by Gasteiger charge is 2.37. The molecule has 0 fully saturated rings. The predicted octanol–water partition coefficient (Wildman–Crippen LogP) is 6.20. The number of H-pyrrole nitrogens is 1. The van der Waals surface area contributed by atoms with Gasteiger partial charge in [0.15, 0.2) is 5.78 Å². The number of fused-ring (bicyclic) bond motifs is 1. The van der Waals surface area contributed by atoms with Gasteiger partial charge in [0.2, 0.25) is 0 Å². The van der Waals surface area contributed by atoms with Crippen LogP contribution in [0.3, 0.4) is 0 Å². The van der Waals surface area contributed by atoms with Gasteiger partial charge in [-0.15, -0.1) is 0 Å². The Labute approximate surface area is 161 Å². The third-order valence-electron chi connectivity index (χ3n) is 4.50. The van der Waals surface area contributed by atoms with Gasteiger partial charge in [-0.05, 0) is 38.1 Å². The molecule has 0 saturated heterocycles. The number of alkyl halides is 6. The molecule has 1 aromatic heterocycles. The Morgan fingerprint density at radius 1 is 0.966 bits per heavy atom. The van der Waals surface area contributed by atoms with Crippen LogP contribution in [-0.4, -0.2) is 16.8 Å². The van der Waals surface area contributed by atoms with Crippen molar-refractivity contribution in [3.05, 3.63) is 64.8 Å². The van der Waals surface area contributed by atoms with Gasteiger partial charge in [0.05, 0.1) is 17.2 Å². The molecule has 9 heteroatoms. The van der Waals surface area contributed by atoms with Gasteiger partial charge in [0, 0.05) is 27.8 Å². The number of rotatable bonds is 4. The second-order valence-electron chi connectivity index (χ2n) is 6.70. The Morgan fingerprint density at radius 2 is 1.52 bits per heavy atom. The predicted molar refractivity (Wildman–Crippen MR) is 96.9 cm³/mol. The maximum atomic E-state index is 13.0. The first-order chi connectivity index (χ1) is 13.4. The van der Waals surface area contributed by atoms with Crippen molar-refractivity contribution < 1.29 is 31.1 Å². The number of aryl methyl sites for hydroxylation is 1. The van der Waals surface area contributed by atoms with Crippen molar-refractivity contribution in [3.63, 3.8) is 0 Å². The van der Waals surface area contributed by atoms with Gasteiger partial charge < -0.3 is 10.3 Å². The number of hydrogen-bond acceptors (Lipinski definition) is 2. The fourth-order valence-electron chi connectivity index (χ4n) is 3.16. The number of para-hydroxylation sites is 1. The van der Waals surface area contributed by atoms with Crippen molar-refractivity contribution in [3.8, 4) is 0 Å². The minimum atomic E-state index is -4.96. The lowest BCUT2D eigenvalue weighted by molar-refractivity contribution is -0.143. The zero-order valence-corrected chi connectivity index (χ0v) is 15.3. The van der Waals surface area contributed by atoms with E-state index in [1.54, 1.807) is 31.2 Å². The average Bonchev–Trinajstić information content (AvgIpc) is 2.95. The Hall–Kier alpha value is -2.97. The summed E-state index contributed by atoms with van der Waals surface area (Å²) < 4.78 is 78.1. The molecule has 3 nitrogen and oxygen atoms in total. The number of Topliss-reactive ketones (excluding diaryl/α,β-unsaturated/α-hetero) is 1. The Bertz CT molecular complexity index is 1030. The number of carbonyl (C=O) groups excluding carboxylic acids is 1. The van der Waals surface area contributed by atoms with Gasteiger partial charge in [-0.25, -0.2) is 0 Å². The van der Waals surface area contributed by atoms with E-state index in [0.29, 0.717) is 34.3 Å². The zero-order chi connectivity index (χ0) is 21.6. The second-order valence-corrected chi connectivity index (χ2v) is 6.70. The number of nitrogens with one attached hydrogen (secondary N) is 2. The number of ketones is 1. The second kappa shape index (κ2) is 7.13. The number of benzene rings is 2. The van der Waals surface area contributed by atoms with Crippen LogP contribution in [0.15, 0.2) is 42.5 Å². The van der Waals surface area contributed by atoms with Crippen molar-refractivity contribution in [2.24, 2.45) is 0 Å². The molecule has 0 aliphatic carbocycles. The van der Waals surface area contributed by atoms with Crippen LogP contribution in [0.5, 0.6) is 0 Å². The van der Waals surface area contributed by atoms with Crippen LogP contribution in [0.2, 0.25) is 0 Å². The van der Waals surface area contributed by atoms with Gasteiger partial charge in [-0.3, -0.25) is 4.79 Å². The highest BCUT2D eigenvalue weighted by molar-refractivity contribution is 6.12. The standard InChI is InChI=1S/C20H16F6N2O/c1-10-17(15-5-3-4-6-16(15)28-10)18(29)11(2)27-14-8-12(19(21,22)23)7-13(9-14)20(24,25)26/h3-9,11,27-28H,1-2H3/t11-/m0/s1. The van der Waals surface area contributed by atoms with E-state index in [4.69, 9.17) is 0 Å². The molecule has 0 radical (unpaired) electrons. The molecule has 0 unspecified atom stereocenters. The maximum Gasteiger partial charge on any atom is 0.416 e. The largest absolute Gasteiger partial charge is 0.416 e. The lowest BCUT2D eigenvalue weighted by atomic mass is 10.0. The van der Waals surface area contributed by atoms with E-state index >= 15 is 0 Å². The van der Waals surface area contributed by atoms with Crippen LogP contribution in [0.25, 0.3) is 10.9 Å². The molecule has 2 N–H and O–H groups in total.